The summed E-state index contributed by atoms with van der Waals surface area (Å²) in [6.45, 7) is 0.0216. The normalized spacial score (nSPS) is 12.4. The quantitative estimate of drug-likeness (QED) is 0.334. The van der Waals surface area contributed by atoms with E-state index < -0.39 is 10.9 Å². The third-order valence-corrected chi connectivity index (χ3v) is 4.42. The summed E-state index contributed by atoms with van der Waals surface area (Å²) >= 11 is 0. The molecule has 4 rings (SSSR count). The highest BCUT2D eigenvalue weighted by Gasteiger charge is 2.22. The largest absolute Gasteiger partial charge is 0.467 e. The standard InChI is InChI=1S/C22H17NO7/c24-22(19-8-4-5-9-20(19)30-18-6-2-1-3-7-18)28-13-16-11-17(23(25)26)10-15-12-27-14-29-21(15)16/h1-11H,12-14H2. The first-order chi connectivity index (χ1) is 14.6. The van der Waals surface area contributed by atoms with Crippen molar-refractivity contribution in [2.45, 2.75) is 13.2 Å². The molecule has 0 fully saturated rings. The Balaban J connectivity index is 1.55. The number of carbonyl (C=O) groups is 1. The molecule has 0 aromatic heterocycles. The molecular weight excluding hydrogens is 390 g/mol. The van der Waals surface area contributed by atoms with E-state index in [9.17, 15) is 14.9 Å². The molecule has 0 radical (unpaired) electrons. The fourth-order valence-electron chi connectivity index (χ4n) is 3.05. The Morgan fingerprint density at radius 1 is 1.07 bits per heavy atom. The first-order valence-corrected chi connectivity index (χ1v) is 9.11. The van der Waals surface area contributed by atoms with Crippen LogP contribution in [0.3, 0.4) is 0 Å². The van der Waals surface area contributed by atoms with Crippen LogP contribution < -0.4 is 9.47 Å². The summed E-state index contributed by atoms with van der Waals surface area (Å²) in [4.78, 5) is 23.4. The van der Waals surface area contributed by atoms with E-state index in [4.69, 9.17) is 18.9 Å². The molecule has 152 valence electrons. The number of hydrogen-bond acceptors (Lipinski definition) is 7. The van der Waals surface area contributed by atoms with Crippen molar-refractivity contribution in [3.05, 3.63) is 93.5 Å². The maximum atomic E-state index is 12.7. The molecule has 1 aliphatic rings. The molecule has 8 nitrogen and oxygen atoms in total. The SMILES string of the molecule is O=C(OCc1cc([N+](=O)[O-])cc2c1OCOC2)c1ccccc1Oc1ccccc1. The number of carbonyl (C=O) groups excluding carboxylic acids is 1. The van der Waals surface area contributed by atoms with E-state index in [1.807, 2.05) is 18.2 Å². The number of ether oxygens (including phenoxy) is 4. The van der Waals surface area contributed by atoms with Gasteiger partial charge >= 0.3 is 5.97 Å². The van der Waals surface area contributed by atoms with Crippen molar-refractivity contribution in [3.8, 4) is 17.2 Å². The molecule has 3 aromatic rings. The van der Waals surface area contributed by atoms with Crippen molar-refractivity contribution in [1.29, 1.82) is 0 Å². The van der Waals surface area contributed by atoms with Crippen LogP contribution >= 0.6 is 0 Å². The first-order valence-electron chi connectivity index (χ1n) is 9.11. The predicted molar refractivity (Wildman–Crippen MR) is 105 cm³/mol. The highest BCUT2D eigenvalue weighted by atomic mass is 16.7. The van der Waals surface area contributed by atoms with Crippen molar-refractivity contribution in [1.82, 2.24) is 0 Å². The Bertz CT molecular complexity index is 1080. The minimum absolute atomic E-state index is 0.0273. The number of rotatable bonds is 6. The van der Waals surface area contributed by atoms with Gasteiger partial charge in [0.25, 0.3) is 5.69 Å². The molecule has 8 heteroatoms. The molecule has 0 atom stereocenters. The minimum Gasteiger partial charge on any atom is -0.467 e. The fourth-order valence-corrected chi connectivity index (χ4v) is 3.05. The lowest BCUT2D eigenvalue weighted by atomic mass is 10.1. The van der Waals surface area contributed by atoms with Gasteiger partial charge in [-0.2, -0.15) is 0 Å². The van der Waals surface area contributed by atoms with Gasteiger partial charge < -0.3 is 18.9 Å². The van der Waals surface area contributed by atoms with Crippen molar-refractivity contribution in [2.75, 3.05) is 6.79 Å². The van der Waals surface area contributed by atoms with Crippen LogP contribution in [0.4, 0.5) is 5.69 Å². The minimum atomic E-state index is -0.617. The Morgan fingerprint density at radius 3 is 2.63 bits per heavy atom. The highest BCUT2D eigenvalue weighted by Crippen LogP contribution is 2.33. The van der Waals surface area contributed by atoms with Gasteiger partial charge in [0.15, 0.2) is 6.79 Å². The van der Waals surface area contributed by atoms with E-state index in [0.717, 1.165) is 0 Å². The maximum absolute atomic E-state index is 12.7. The van der Waals surface area contributed by atoms with E-state index in [-0.39, 0.29) is 31.3 Å². The van der Waals surface area contributed by atoms with E-state index >= 15 is 0 Å². The van der Waals surface area contributed by atoms with Crippen LogP contribution in [0.25, 0.3) is 0 Å². The lowest BCUT2D eigenvalue weighted by Gasteiger charge is -2.20. The summed E-state index contributed by atoms with van der Waals surface area (Å²) in [7, 11) is 0. The van der Waals surface area contributed by atoms with Crippen molar-refractivity contribution < 1.29 is 28.7 Å². The Hall–Kier alpha value is -3.91. The second-order valence-corrected chi connectivity index (χ2v) is 6.45. The highest BCUT2D eigenvalue weighted by molar-refractivity contribution is 5.92. The summed E-state index contributed by atoms with van der Waals surface area (Å²) in [6.07, 6.45) is 0. The zero-order chi connectivity index (χ0) is 20.9. The Kier molecular flexibility index (Phi) is 5.58. The van der Waals surface area contributed by atoms with Gasteiger partial charge in [-0.1, -0.05) is 30.3 Å². The number of nitrogens with zero attached hydrogens (tertiary/aromatic N) is 1. The van der Waals surface area contributed by atoms with Crippen LogP contribution in [0.1, 0.15) is 21.5 Å². The number of nitro groups is 1. The summed E-state index contributed by atoms with van der Waals surface area (Å²) in [5, 5.41) is 11.2. The van der Waals surface area contributed by atoms with Crippen molar-refractivity contribution in [3.63, 3.8) is 0 Å². The third-order valence-electron chi connectivity index (χ3n) is 4.42. The molecule has 0 aliphatic carbocycles. The molecule has 0 saturated carbocycles. The second kappa shape index (κ2) is 8.62. The first kappa shape index (κ1) is 19.4. The second-order valence-electron chi connectivity index (χ2n) is 6.45. The van der Waals surface area contributed by atoms with Gasteiger partial charge in [0.05, 0.1) is 11.5 Å². The van der Waals surface area contributed by atoms with Gasteiger partial charge in [-0.3, -0.25) is 10.1 Å². The number of hydrogen-bond donors (Lipinski definition) is 0. The van der Waals surface area contributed by atoms with E-state index in [1.54, 1.807) is 36.4 Å². The van der Waals surface area contributed by atoms with Gasteiger partial charge in [0.2, 0.25) is 0 Å². The van der Waals surface area contributed by atoms with Gasteiger partial charge in [0.1, 0.15) is 29.4 Å². The van der Waals surface area contributed by atoms with Crippen molar-refractivity contribution >= 4 is 11.7 Å². The van der Waals surface area contributed by atoms with Gasteiger partial charge in [-0.05, 0) is 24.3 Å². The number of fused-ring (bicyclic) bond motifs is 1. The topological polar surface area (TPSA) is 97.1 Å². The molecule has 0 N–H and O–H groups in total. The van der Waals surface area contributed by atoms with Crippen LogP contribution in [-0.4, -0.2) is 17.7 Å². The van der Waals surface area contributed by atoms with Gasteiger partial charge in [-0.15, -0.1) is 0 Å². The fraction of sp³-hybridized carbons (Fsp3) is 0.136. The van der Waals surface area contributed by atoms with Crippen LogP contribution in [0, 0.1) is 10.1 Å². The zero-order valence-corrected chi connectivity index (χ0v) is 15.8. The van der Waals surface area contributed by atoms with Crippen LogP contribution in [0.2, 0.25) is 0 Å². The van der Waals surface area contributed by atoms with Crippen LogP contribution in [0.15, 0.2) is 66.7 Å². The molecule has 1 aliphatic heterocycles. The number of non-ortho nitro benzene ring substituents is 1. The number of benzene rings is 3. The molecule has 0 spiro atoms. The third kappa shape index (κ3) is 4.23. The number of esters is 1. The van der Waals surface area contributed by atoms with Crippen LogP contribution in [-0.2, 0) is 22.7 Å². The van der Waals surface area contributed by atoms with Gasteiger partial charge in [-0.25, -0.2) is 4.79 Å². The Morgan fingerprint density at radius 2 is 1.83 bits per heavy atom. The molecule has 30 heavy (non-hydrogen) atoms. The van der Waals surface area contributed by atoms with Gasteiger partial charge in [0, 0.05) is 23.3 Å². The molecular formula is C22H17NO7. The zero-order valence-electron chi connectivity index (χ0n) is 15.8. The lowest BCUT2D eigenvalue weighted by Crippen LogP contribution is -2.15. The summed E-state index contributed by atoms with van der Waals surface area (Å²) < 4.78 is 21.9. The molecule has 1 heterocycles. The van der Waals surface area contributed by atoms with Crippen LogP contribution in [0.5, 0.6) is 17.2 Å². The summed E-state index contributed by atoms with van der Waals surface area (Å²) in [5.41, 5.74) is 1.05. The summed E-state index contributed by atoms with van der Waals surface area (Å²) in [5.74, 6) is 0.751. The average Bonchev–Trinajstić information content (AvgIpc) is 2.78. The molecule has 0 bridgehead atoms. The predicted octanol–water partition coefficient (Wildman–Crippen LogP) is 4.61. The molecule has 0 amide bonds. The van der Waals surface area contributed by atoms with Crippen molar-refractivity contribution in [2.24, 2.45) is 0 Å². The molecule has 0 saturated heterocycles. The Labute approximate surface area is 171 Å². The van der Waals surface area contributed by atoms with E-state index in [0.29, 0.717) is 28.4 Å². The molecule has 0 unspecified atom stereocenters. The average molecular weight is 407 g/mol. The maximum Gasteiger partial charge on any atom is 0.342 e. The summed E-state index contributed by atoms with van der Waals surface area (Å²) in [6, 6.07) is 18.5. The number of para-hydroxylation sites is 2. The van der Waals surface area contributed by atoms with E-state index in [2.05, 4.69) is 0 Å². The smallest absolute Gasteiger partial charge is 0.342 e. The molecule has 3 aromatic carbocycles. The monoisotopic (exact) mass is 407 g/mol. The lowest BCUT2D eigenvalue weighted by molar-refractivity contribution is -0.385. The van der Waals surface area contributed by atoms with E-state index in [1.165, 1.54) is 12.1 Å². The number of nitro benzene ring substituents is 1.